The fraction of sp³-hybridized carbons (Fsp3) is 0.862. The topological polar surface area (TPSA) is 63.6 Å². The van der Waals surface area contributed by atoms with Crippen LogP contribution in [0, 0.1) is 0 Å². The normalized spacial score (nSPS) is 11.3. The lowest BCUT2D eigenvalue weighted by Crippen LogP contribution is -2.05. The van der Waals surface area contributed by atoms with Crippen LogP contribution in [0.5, 0.6) is 0 Å². The summed E-state index contributed by atoms with van der Waals surface area (Å²) in [6, 6.07) is 0. The number of hydrogen-bond donors (Lipinski definition) is 1. The molecule has 0 aliphatic rings. The third-order valence-electron chi connectivity index (χ3n) is 6.19. The van der Waals surface area contributed by atoms with E-state index in [0.717, 1.165) is 57.8 Å². The lowest BCUT2D eigenvalue weighted by atomic mass is 10.1. The summed E-state index contributed by atoms with van der Waals surface area (Å²) in [6.07, 6.45) is 30.7. The van der Waals surface area contributed by atoms with E-state index in [1.807, 2.05) is 0 Å². The fourth-order valence-corrected chi connectivity index (χ4v) is 4.04. The molecule has 0 aromatic carbocycles. The molecule has 4 nitrogen and oxygen atoms in total. The van der Waals surface area contributed by atoms with Crippen LogP contribution in [0.3, 0.4) is 0 Å². The molecule has 1 N–H and O–H groups in total. The molecule has 194 valence electrons. The minimum Gasteiger partial charge on any atom is -0.481 e. The van der Waals surface area contributed by atoms with Crippen molar-refractivity contribution in [2.24, 2.45) is 0 Å². The number of carboxylic acids is 1. The van der Waals surface area contributed by atoms with Crippen molar-refractivity contribution in [3.05, 3.63) is 12.2 Å². The zero-order valence-electron chi connectivity index (χ0n) is 21.8. The predicted molar refractivity (Wildman–Crippen MR) is 140 cm³/mol. The maximum atomic E-state index is 11.8. The van der Waals surface area contributed by atoms with Crippen molar-refractivity contribution < 1.29 is 19.4 Å². The molecule has 0 fully saturated rings. The highest BCUT2D eigenvalue weighted by molar-refractivity contribution is 5.69. The average Bonchev–Trinajstić information content (AvgIpc) is 2.79. The Labute approximate surface area is 204 Å². The van der Waals surface area contributed by atoms with Crippen molar-refractivity contribution in [2.75, 3.05) is 6.61 Å². The maximum Gasteiger partial charge on any atom is 0.305 e. The van der Waals surface area contributed by atoms with E-state index in [0.29, 0.717) is 13.0 Å². The fourth-order valence-electron chi connectivity index (χ4n) is 4.04. The molecule has 4 heteroatoms. The minimum atomic E-state index is -0.700. The van der Waals surface area contributed by atoms with Crippen molar-refractivity contribution in [3.63, 3.8) is 0 Å². The van der Waals surface area contributed by atoms with E-state index < -0.39 is 5.97 Å². The molecule has 0 aromatic rings. The summed E-state index contributed by atoms with van der Waals surface area (Å²) >= 11 is 0. The molecule has 0 bridgehead atoms. The van der Waals surface area contributed by atoms with Crippen molar-refractivity contribution in [3.8, 4) is 0 Å². The van der Waals surface area contributed by atoms with Gasteiger partial charge in [-0.1, -0.05) is 109 Å². The maximum absolute atomic E-state index is 11.8. The van der Waals surface area contributed by atoms with Gasteiger partial charge in [0.1, 0.15) is 0 Å². The van der Waals surface area contributed by atoms with Gasteiger partial charge in [-0.3, -0.25) is 9.59 Å². The van der Waals surface area contributed by atoms with Gasteiger partial charge in [-0.15, -0.1) is 0 Å². The number of allylic oxidation sites excluding steroid dienone is 2. The molecule has 0 radical (unpaired) electrons. The van der Waals surface area contributed by atoms with Crippen LogP contribution in [-0.2, 0) is 14.3 Å². The first kappa shape index (κ1) is 31.7. The molecule has 0 atom stereocenters. The first-order chi connectivity index (χ1) is 16.2. The van der Waals surface area contributed by atoms with Crippen LogP contribution in [0.4, 0.5) is 0 Å². The van der Waals surface area contributed by atoms with E-state index >= 15 is 0 Å². The van der Waals surface area contributed by atoms with E-state index in [4.69, 9.17) is 9.84 Å². The summed E-state index contributed by atoms with van der Waals surface area (Å²) < 4.78 is 5.32. The van der Waals surface area contributed by atoms with E-state index in [2.05, 4.69) is 19.1 Å². The Morgan fingerprint density at radius 1 is 0.576 bits per heavy atom. The Balaban J connectivity index is 3.22. The third kappa shape index (κ3) is 28.6. The Kier molecular flexibility index (Phi) is 25.9. The molecule has 0 saturated heterocycles. The molecule has 0 heterocycles. The number of rotatable bonds is 26. The van der Waals surface area contributed by atoms with Crippen molar-refractivity contribution in [1.82, 2.24) is 0 Å². The molecule has 0 amide bonds. The lowest BCUT2D eigenvalue weighted by Gasteiger charge is -2.05. The quantitative estimate of drug-likeness (QED) is 0.0784. The number of esters is 1. The summed E-state index contributed by atoms with van der Waals surface area (Å²) in [5.74, 6) is -0.745. The average molecular weight is 467 g/mol. The second kappa shape index (κ2) is 26.9. The number of hydrogen-bond acceptors (Lipinski definition) is 3. The first-order valence-electron chi connectivity index (χ1n) is 14.2. The Bertz CT molecular complexity index is 459. The zero-order chi connectivity index (χ0) is 24.2. The Morgan fingerprint density at radius 3 is 1.52 bits per heavy atom. The number of aliphatic carboxylic acids is 1. The number of unbranched alkanes of at least 4 members (excludes halogenated alkanes) is 18. The van der Waals surface area contributed by atoms with Gasteiger partial charge < -0.3 is 9.84 Å². The van der Waals surface area contributed by atoms with Gasteiger partial charge in [-0.2, -0.15) is 0 Å². The Hall–Kier alpha value is -1.32. The predicted octanol–water partition coefficient (Wildman–Crippen LogP) is 9.16. The smallest absolute Gasteiger partial charge is 0.305 e. The monoisotopic (exact) mass is 466 g/mol. The number of carbonyl (C=O) groups is 2. The molecule has 0 rings (SSSR count). The summed E-state index contributed by atoms with van der Waals surface area (Å²) in [7, 11) is 0. The minimum absolute atomic E-state index is 0.0445. The molecule has 0 aromatic heterocycles. The van der Waals surface area contributed by atoms with Gasteiger partial charge in [-0.05, 0) is 44.9 Å². The van der Waals surface area contributed by atoms with Crippen molar-refractivity contribution in [1.29, 1.82) is 0 Å². The second-order valence-electron chi connectivity index (χ2n) is 9.53. The molecule has 0 spiro atoms. The molecule has 0 unspecified atom stereocenters. The molecule has 0 aliphatic heterocycles. The SMILES string of the molecule is CCCCCCCCC/C=C\CCCCCCCC(=O)OCCCCCCCCCC(=O)O. The molecule has 0 saturated carbocycles. The van der Waals surface area contributed by atoms with E-state index in [1.54, 1.807) is 0 Å². The summed E-state index contributed by atoms with van der Waals surface area (Å²) in [4.78, 5) is 22.2. The van der Waals surface area contributed by atoms with Crippen LogP contribution >= 0.6 is 0 Å². The first-order valence-corrected chi connectivity index (χ1v) is 14.2. The van der Waals surface area contributed by atoms with Gasteiger partial charge in [0.25, 0.3) is 0 Å². The largest absolute Gasteiger partial charge is 0.481 e. The molecular formula is C29H54O4. The van der Waals surface area contributed by atoms with E-state index in [9.17, 15) is 9.59 Å². The van der Waals surface area contributed by atoms with Crippen LogP contribution in [0.1, 0.15) is 155 Å². The van der Waals surface area contributed by atoms with Crippen LogP contribution in [-0.4, -0.2) is 23.7 Å². The Morgan fingerprint density at radius 2 is 1.00 bits per heavy atom. The zero-order valence-corrected chi connectivity index (χ0v) is 21.8. The summed E-state index contributed by atoms with van der Waals surface area (Å²) in [5.41, 5.74) is 0. The number of carbonyl (C=O) groups excluding carboxylic acids is 1. The molecule has 33 heavy (non-hydrogen) atoms. The van der Waals surface area contributed by atoms with Crippen molar-refractivity contribution in [2.45, 2.75) is 155 Å². The van der Waals surface area contributed by atoms with Gasteiger partial charge in [0.05, 0.1) is 6.61 Å². The van der Waals surface area contributed by atoms with Gasteiger partial charge in [0.15, 0.2) is 0 Å². The van der Waals surface area contributed by atoms with E-state index in [-0.39, 0.29) is 12.4 Å². The lowest BCUT2D eigenvalue weighted by molar-refractivity contribution is -0.144. The van der Waals surface area contributed by atoms with Gasteiger partial charge in [0.2, 0.25) is 0 Å². The molecule has 0 aliphatic carbocycles. The summed E-state index contributed by atoms with van der Waals surface area (Å²) in [6.45, 7) is 2.81. The van der Waals surface area contributed by atoms with E-state index in [1.165, 1.54) is 77.0 Å². The van der Waals surface area contributed by atoms with Crippen LogP contribution < -0.4 is 0 Å². The van der Waals surface area contributed by atoms with Crippen molar-refractivity contribution >= 4 is 11.9 Å². The number of ether oxygens (including phenoxy) is 1. The highest BCUT2D eigenvalue weighted by atomic mass is 16.5. The van der Waals surface area contributed by atoms with Gasteiger partial charge >= 0.3 is 11.9 Å². The van der Waals surface area contributed by atoms with Crippen LogP contribution in [0.25, 0.3) is 0 Å². The summed E-state index contributed by atoms with van der Waals surface area (Å²) in [5, 5.41) is 8.58. The van der Waals surface area contributed by atoms with Gasteiger partial charge in [0, 0.05) is 12.8 Å². The standard InChI is InChI=1S/C29H54O4/c1-2-3-4-5-6-7-8-9-10-11-12-13-14-17-20-23-26-29(32)33-27-24-21-18-15-16-19-22-25-28(30)31/h10-11H,2-9,12-27H2,1H3,(H,30,31)/b11-10-. The molecular weight excluding hydrogens is 412 g/mol. The highest BCUT2D eigenvalue weighted by Crippen LogP contribution is 2.12. The van der Waals surface area contributed by atoms with Crippen LogP contribution in [0.15, 0.2) is 12.2 Å². The highest BCUT2D eigenvalue weighted by Gasteiger charge is 2.02. The number of carboxylic acid groups (broad SMARTS) is 1. The van der Waals surface area contributed by atoms with Crippen LogP contribution in [0.2, 0.25) is 0 Å². The van der Waals surface area contributed by atoms with Gasteiger partial charge in [-0.25, -0.2) is 0 Å². The third-order valence-corrected chi connectivity index (χ3v) is 6.19. The second-order valence-corrected chi connectivity index (χ2v) is 9.53.